The van der Waals surface area contributed by atoms with Crippen LogP contribution in [0.4, 0.5) is 0 Å². The lowest BCUT2D eigenvalue weighted by atomic mass is 9.88. The molecule has 0 radical (unpaired) electrons. The molecule has 5 nitrogen and oxygen atoms in total. The molecule has 0 spiro atoms. The fraction of sp³-hybridized carbons (Fsp3) is 0.438. The molecule has 0 aliphatic carbocycles. The van der Waals surface area contributed by atoms with Crippen LogP contribution in [0.5, 0.6) is 0 Å². The second kappa shape index (κ2) is 7.02. The van der Waals surface area contributed by atoms with Crippen LogP contribution in [-0.4, -0.2) is 28.3 Å². The highest BCUT2D eigenvalue weighted by atomic mass is 16.4. The molecule has 5 heteroatoms. The number of aliphatic carboxylic acids is 1. The van der Waals surface area contributed by atoms with Crippen molar-refractivity contribution in [1.29, 1.82) is 0 Å². The molecular weight excluding hydrogens is 270 g/mol. The summed E-state index contributed by atoms with van der Waals surface area (Å²) in [6.07, 6.45) is 0.956. The first-order valence-corrected chi connectivity index (χ1v) is 6.99. The van der Waals surface area contributed by atoms with E-state index in [-0.39, 0.29) is 18.1 Å². The van der Waals surface area contributed by atoms with E-state index in [1.165, 1.54) is 6.92 Å². The van der Waals surface area contributed by atoms with Gasteiger partial charge in [-0.2, -0.15) is 0 Å². The molecule has 114 valence electrons. The zero-order valence-electron chi connectivity index (χ0n) is 12.6. The zero-order valence-corrected chi connectivity index (χ0v) is 12.6. The highest BCUT2D eigenvalue weighted by molar-refractivity contribution is 5.98. The number of amides is 1. The number of ketones is 1. The Morgan fingerprint density at radius 3 is 1.90 bits per heavy atom. The number of carbonyl (C=O) groups is 3. The van der Waals surface area contributed by atoms with Gasteiger partial charge in [-0.25, -0.2) is 0 Å². The minimum atomic E-state index is -0.939. The third-order valence-electron chi connectivity index (χ3n) is 3.78. The summed E-state index contributed by atoms with van der Waals surface area (Å²) in [7, 11) is 0. The van der Waals surface area contributed by atoms with Crippen molar-refractivity contribution in [2.24, 2.45) is 0 Å². The van der Waals surface area contributed by atoms with Crippen molar-refractivity contribution in [3.05, 3.63) is 35.4 Å². The smallest absolute Gasteiger partial charge is 0.305 e. The molecule has 0 aliphatic rings. The molecule has 2 N–H and O–H groups in total. The van der Waals surface area contributed by atoms with Crippen molar-refractivity contribution < 1.29 is 19.5 Å². The second-order valence-corrected chi connectivity index (χ2v) is 5.15. The summed E-state index contributed by atoms with van der Waals surface area (Å²) >= 11 is 0. The molecule has 0 heterocycles. The molecule has 0 bridgehead atoms. The van der Waals surface area contributed by atoms with Gasteiger partial charge < -0.3 is 10.4 Å². The van der Waals surface area contributed by atoms with Crippen LogP contribution < -0.4 is 5.32 Å². The third-order valence-corrected chi connectivity index (χ3v) is 3.78. The molecule has 1 rings (SSSR count). The normalized spacial score (nSPS) is 11.0. The number of carboxylic acids is 1. The first-order valence-electron chi connectivity index (χ1n) is 6.99. The van der Waals surface area contributed by atoms with Crippen LogP contribution in [-0.2, 0) is 4.79 Å². The summed E-state index contributed by atoms with van der Waals surface area (Å²) in [5.41, 5.74) is 0.202. The van der Waals surface area contributed by atoms with Crippen molar-refractivity contribution in [3.8, 4) is 0 Å². The van der Waals surface area contributed by atoms with E-state index in [1.54, 1.807) is 24.3 Å². The molecular formula is C16H21NO4. The van der Waals surface area contributed by atoms with E-state index in [9.17, 15) is 14.4 Å². The van der Waals surface area contributed by atoms with E-state index in [1.807, 2.05) is 13.8 Å². The summed E-state index contributed by atoms with van der Waals surface area (Å²) in [4.78, 5) is 34.4. The van der Waals surface area contributed by atoms with E-state index in [2.05, 4.69) is 5.32 Å². The van der Waals surface area contributed by atoms with Gasteiger partial charge in [0, 0.05) is 11.1 Å². The quantitative estimate of drug-likeness (QED) is 0.756. The minimum Gasteiger partial charge on any atom is -0.481 e. The summed E-state index contributed by atoms with van der Waals surface area (Å²) in [6.45, 7) is 5.16. The lowest BCUT2D eigenvalue weighted by Crippen LogP contribution is -2.49. The van der Waals surface area contributed by atoms with Gasteiger partial charge in [0.25, 0.3) is 5.91 Å². The Bertz CT molecular complexity index is 530. The molecule has 0 atom stereocenters. The van der Waals surface area contributed by atoms with Gasteiger partial charge in [0.05, 0.1) is 12.0 Å². The Balaban J connectivity index is 2.91. The number of carbonyl (C=O) groups excluding carboxylic acids is 2. The number of nitrogens with one attached hydrogen (secondary N) is 1. The summed E-state index contributed by atoms with van der Waals surface area (Å²) in [5, 5.41) is 11.8. The first kappa shape index (κ1) is 16.9. The molecule has 1 amide bonds. The number of carboxylic acid groups (broad SMARTS) is 1. The highest BCUT2D eigenvalue weighted by Gasteiger charge is 2.31. The maximum Gasteiger partial charge on any atom is 0.305 e. The molecule has 1 aromatic carbocycles. The van der Waals surface area contributed by atoms with Crippen LogP contribution in [0.15, 0.2) is 24.3 Å². The molecule has 0 saturated carbocycles. The topological polar surface area (TPSA) is 83.5 Å². The fourth-order valence-electron chi connectivity index (χ4n) is 2.18. The summed E-state index contributed by atoms with van der Waals surface area (Å²) in [5.74, 6) is -1.33. The highest BCUT2D eigenvalue weighted by Crippen LogP contribution is 2.20. The van der Waals surface area contributed by atoms with Gasteiger partial charge in [0.1, 0.15) is 0 Å². The van der Waals surface area contributed by atoms with Gasteiger partial charge in [-0.15, -0.1) is 0 Å². The molecule has 0 aliphatic heterocycles. The Morgan fingerprint density at radius 2 is 1.52 bits per heavy atom. The fourth-order valence-corrected chi connectivity index (χ4v) is 2.18. The predicted octanol–water partition coefficient (Wildman–Crippen LogP) is 2.65. The molecule has 0 saturated heterocycles. The monoisotopic (exact) mass is 291 g/mol. The average molecular weight is 291 g/mol. The maximum absolute atomic E-state index is 12.3. The maximum atomic E-state index is 12.3. The number of rotatable bonds is 7. The Hall–Kier alpha value is -2.17. The first-order chi connectivity index (χ1) is 9.83. The second-order valence-electron chi connectivity index (χ2n) is 5.15. The van der Waals surface area contributed by atoms with Gasteiger partial charge in [-0.1, -0.05) is 26.0 Å². The van der Waals surface area contributed by atoms with Gasteiger partial charge in [0.2, 0.25) is 0 Å². The van der Waals surface area contributed by atoms with Crippen molar-refractivity contribution in [2.75, 3.05) is 0 Å². The lowest BCUT2D eigenvalue weighted by molar-refractivity contribution is -0.138. The van der Waals surface area contributed by atoms with Crippen LogP contribution in [0.1, 0.15) is 60.7 Å². The van der Waals surface area contributed by atoms with Gasteiger partial charge in [0.15, 0.2) is 5.78 Å². The van der Waals surface area contributed by atoms with E-state index in [4.69, 9.17) is 5.11 Å². The van der Waals surface area contributed by atoms with E-state index in [0.717, 1.165) is 0 Å². The third kappa shape index (κ3) is 4.41. The predicted molar refractivity (Wildman–Crippen MR) is 79.5 cm³/mol. The Labute approximate surface area is 124 Å². The lowest BCUT2D eigenvalue weighted by Gasteiger charge is -2.31. The molecule has 0 unspecified atom stereocenters. The van der Waals surface area contributed by atoms with Crippen LogP contribution >= 0.6 is 0 Å². The SMILES string of the molecule is CCC(CC)(CC(=O)O)NC(=O)c1ccc(C(C)=O)cc1. The van der Waals surface area contributed by atoms with Gasteiger partial charge in [-0.05, 0) is 31.9 Å². The molecule has 1 aromatic rings. The minimum absolute atomic E-state index is 0.0655. The molecule has 0 fully saturated rings. The van der Waals surface area contributed by atoms with Gasteiger partial charge >= 0.3 is 5.97 Å². The Morgan fingerprint density at radius 1 is 1.05 bits per heavy atom. The van der Waals surface area contributed by atoms with Crippen molar-refractivity contribution in [1.82, 2.24) is 5.32 Å². The van der Waals surface area contributed by atoms with E-state index >= 15 is 0 Å². The van der Waals surface area contributed by atoms with Crippen molar-refractivity contribution >= 4 is 17.7 Å². The summed E-state index contributed by atoms with van der Waals surface area (Å²) < 4.78 is 0. The number of hydrogen-bond acceptors (Lipinski definition) is 3. The Kier molecular flexibility index (Phi) is 5.64. The van der Waals surface area contributed by atoms with Gasteiger partial charge in [-0.3, -0.25) is 14.4 Å². The van der Waals surface area contributed by atoms with Crippen molar-refractivity contribution in [2.45, 2.75) is 45.6 Å². The molecule has 0 aromatic heterocycles. The number of hydrogen-bond donors (Lipinski definition) is 2. The van der Waals surface area contributed by atoms with Crippen molar-refractivity contribution in [3.63, 3.8) is 0 Å². The van der Waals surface area contributed by atoms with Crippen LogP contribution in [0.3, 0.4) is 0 Å². The average Bonchev–Trinajstić information content (AvgIpc) is 2.46. The number of Topliss-reactive ketones (excluding diaryl/α,β-unsaturated/α-hetero) is 1. The van der Waals surface area contributed by atoms with Crippen LogP contribution in [0, 0.1) is 0 Å². The summed E-state index contributed by atoms with van der Waals surface area (Å²) in [6, 6.07) is 6.33. The van der Waals surface area contributed by atoms with Crippen LogP contribution in [0.25, 0.3) is 0 Å². The standard InChI is InChI=1S/C16H21NO4/c1-4-16(5-2,10-14(19)20)17-15(21)13-8-6-12(7-9-13)11(3)18/h6-9H,4-5,10H2,1-3H3,(H,17,21)(H,19,20). The largest absolute Gasteiger partial charge is 0.481 e. The van der Waals surface area contributed by atoms with E-state index < -0.39 is 11.5 Å². The zero-order chi connectivity index (χ0) is 16.0. The van der Waals surface area contributed by atoms with E-state index in [0.29, 0.717) is 24.0 Å². The molecule has 21 heavy (non-hydrogen) atoms. The van der Waals surface area contributed by atoms with Crippen LogP contribution in [0.2, 0.25) is 0 Å². The number of benzene rings is 1.